The summed E-state index contributed by atoms with van der Waals surface area (Å²) in [5.41, 5.74) is 0.839. The summed E-state index contributed by atoms with van der Waals surface area (Å²) in [7, 11) is -1.95. The normalized spacial score (nSPS) is 15.0. The Morgan fingerprint density at radius 2 is 1.77 bits per heavy atom. The van der Waals surface area contributed by atoms with Crippen LogP contribution < -0.4 is 5.32 Å². The van der Waals surface area contributed by atoms with Gasteiger partial charge in [0.15, 0.2) is 5.11 Å². The molecule has 0 aliphatic carbocycles. The van der Waals surface area contributed by atoms with Gasteiger partial charge in [-0.2, -0.15) is 4.31 Å². The van der Waals surface area contributed by atoms with Crippen molar-refractivity contribution >= 4 is 55.6 Å². The van der Waals surface area contributed by atoms with Gasteiger partial charge in [-0.3, -0.25) is 4.79 Å². The van der Waals surface area contributed by atoms with E-state index in [1.165, 1.54) is 29.0 Å². The first-order valence-corrected chi connectivity index (χ1v) is 12.6. The number of esters is 1. The number of thiophene rings is 1. The van der Waals surface area contributed by atoms with Crippen molar-refractivity contribution in [3.63, 3.8) is 0 Å². The number of sulfonamides is 1. The Labute approximate surface area is 187 Å². The third kappa shape index (κ3) is 5.29. The highest BCUT2D eigenvalue weighted by atomic mass is 32.2. The average molecular weight is 477 g/mol. The molecule has 0 radical (unpaired) electrons. The van der Waals surface area contributed by atoms with Gasteiger partial charge in [-0.15, -0.1) is 11.3 Å². The summed E-state index contributed by atoms with van der Waals surface area (Å²) in [5, 5.41) is 3.90. The van der Waals surface area contributed by atoms with Gasteiger partial charge in [-0.05, 0) is 38.6 Å². The molecule has 1 fully saturated rings. The number of amides is 1. The number of piperazine rings is 1. The molecule has 12 heteroatoms. The predicted octanol–water partition coefficient (Wildman–Crippen LogP) is 1.60. The molecule has 1 saturated heterocycles. The maximum absolute atomic E-state index is 12.9. The number of nitrogens with one attached hydrogen (secondary N) is 1. The van der Waals surface area contributed by atoms with E-state index in [4.69, 9.17) is 17.0 Å². The van der Waals surface area contributed by atoms with E-state index in [2.05, 4.69) is 5.32 Å². The molecule has 1 amide bonds. The zero-order chi connectivity index (χ0) is 22.6. The highest BCUT2D eigenvalue weighted by Crippen LogP contribution is 2.35. The molecule has 9 nitrogen and oxygen atoms in total. The molecule has 1 aromatic rings. The molecular weight excluding hydrogens is 448 g/mol. The lowest BCUT2D eigenvalue weighted by atomic mass is 10.1. The number of carbonyl (C=O) groups is 2. The molecular formula is C18H28N4O5S3. The number of carbonyl (C=O) groups excluding carboxylic acids is 2. The second-order valence-corrected chi connectivity index (χ2v) is 10.2. The van der Waals surface area contributed by atoms with E-state index < -0.39 is 16.0 Å². The van der Waals surface area contributed by atoms with E-state index in [0.717, 1.165) is 0 Å². The second kappa shape index (κ2) is 10.0. The van der Waals surface area contributed by atoms with Gasteiger partial charge < -0.3 is 19.9 Å². The Bertz CT molecular complexity index is 916. The highest BCUT2D eigenvalue weighted by molar-refractivity contribution is 7.88. The van der Waals surface area contributed by atoms with Gasteiger partial charge in [-0.25, -0.2) is 13.2 Å². The summed E-state index contributed by atoms with van der Waals surface area (Å²) in [5.74, 6) is -0.692. The molecule has 168 valence electrons. The predicted molar refractivity (Wildman–Crippen MR) is 122 cm³/mol. The molecule has 0 spiro atoms. The van der Waals surface area contributed by atoms with Gasteiger partial charge in [0.05, 0.1) is 23.8 Å². The standard InChI is InChI=1S/C18H28N4O5S3/c1-6-20(7-2)16(23)14-12(3)13(17(24)27-4)15(29-14)19-18(28)21-8-10-22(11-9-21)30(5,25)26/h6-11H2,1-5H3,(H,19,28). The molecule has 0 bridgehead atoms. The number of ether oxygens (including phenoxy) is 1. The molecule has 0 atom stereocenters. The monoisotopic (exact) mass is 476 g/mol. The van der Waals surface area contributed by atoms with Crippen LogP contribution in [0, 0.1) is 6.92 Å². The maximum atomic E-state index is 12.9. The van der Waals surface area contributed by atoms with E-state index >= 15 is 0 Å². The molecule has 0 saturated carbocycles. The fourth-order valence-corrected chi connectivity index (χ4v) is 5.54. The molecule has 0 unspecified atom stereocenters. The van der Waals surface area contributed by atoms with Crippen molar-refractivity contribution in [2.45, 2.75) is 20.8 Å². The van der Waals surface area contributed by atoms with Crippen molar-refractivity contribution < 1.29 is 22.7 Å². The first kappa shape index (κ1) is 24.5. The van der Waals surface area contributed by atoms with Crippen LogP contribution in [0.3, 0.4) is 0 Å². The first-order chi connectivity index (χ1) is 14.0. The van der Waals surface area contributed by atoms with Crippen LogP contribution in [0.25, 0.3) is 0 Å². The number of hydrogen-bond acceptors (Lipinski definition) is 7. The smallest absolute Gasteiger partial charge is 0.341 e. The summed E-state index contributed by atoms with van der Waals surface area (Å²) in [4.78, 5) is 29.3. The third-order valence-electron chi connectivity index (χ3n) is 5.00. The summed E-state index contributed by atoms with van der Waals surface area (Å²) in [6.07, 6.45) is 1.19. The highest BCUT2D eigenvalue weighted by Gasteiger charge is 2.29. The van der Waals surface area contributed by atoms with Crippen LogP contribution in [0.2, 0.25) is 0 Å². The molecule has 1 aliphatic rings. The van der Waals surface area contributed by atoms with Crippen LogP contribution in [0.5, 0.6) is 0 Å². The summed E-state index contributed by atoms with van der Waals surface area (Å²) >= 11 is 6.66. The molecule has 0 aromatic carbocycles. The fourth-order valence-electron chi connectivity index (χ4n) is 3.21. The summed E-state index contributed by atoms with van der Waals surface area (Å²) in [6.45, 7) is 8.17. The van der Waals surface area contributed by atoms with Crippen LogP contribution in [-0.4, -0.2) is 92.1 Å². The molecule has 2 rings (SSSR count). The van der Waals surface area contributed by atoms with Gasteiger partial charge in [0.1, 0.15) is 5.00 Å². The zero-order valence-electron chi connectivity index (χ0n) is 17.9. The Morgan fingerprint density at radius 1 is 1.20 bits per heavy atom. The minimum Gasteiger partial charge on any atom is -0.465 e. The number of hydrogen-bond donors (Lipinski definition) is 1. The maximum Gasteiger partial charge on any atom is 0.341 e. The number of nitrogens with zero attached hydrogens (tertiary/aromatic N) is 3. The largest absolute Gasteiger partial charge is 0.465 e. The van der Waals surface area contributed by atoms with Gasteiger partial charge in [0, 0.05) is 39.3 Å². The van der Waals surface area contributed by atoms with Crippen LogP contribution in [0.4, 0.5) is 5.00 Å². The van der Waals surface area contributed by atoms with Crippen LogP contribution in [-0.2, 0) is 14.8 Å². The third-order valence-corrected chi connectivity index (χ3v) is 7.86. The minimum atomic E-state index is -3.24. The molecule has 1 N–H and O–H groups in total. The van der Waals surface area contributed by atoms with Crippen molar-refractivity contribution in [1.82, 2.24) is 14.1 Å². The lowest BCUT2D eigenvalue weighted by molar-refractivity contribution is 0.0601. The summed E-state index contributed by atoms with van der Waals surface area (Å²) in [6, 6.07) is 0. The van der Waals surface area contributed by atoms with E-state index in [1.807, 2.05) is 18.7 Å². The van der Waals surface area contributed by atoms with E-state index in [-0.39, 0.29) is 11.5 Å². The van der Waals surface area contributed by atoms with Crippen LogP contribution in [0.15, 0.2) is 0 Å². The number of methoxy groups -OCH3 is 1. The van der Waals surface area contributed by atoms with E-state index in [1.54, 1.807) is 11.8 Å². The molecule has 1 aliphatic heterocycles. The molecule has 2 heterocycles. The zero-order valence-corrected chi connectivity index (χ0v) is 20.3. The SMILES string of the molecule is CCN(CC)C(=O)c1sc(NC(=S)N2CCN(S(C)(=O)=O)CC2)c(C(=O)OC)c1C. The van der Waals surface area contributed by atoms with E-state index in [9.17, 15) is 18.0 Å². The molecule has 30 heavy (non-hydrogen) atoms. The van der Waals surface area contributed by atoms with Crippen molar-refractivity contribution in [3.8, 4) is 0 Å². The minimum absolute atomic E-state index is 0.145. The fraction of sp³-hybridized carbons (Fsp3) is 0.611. The van der Waals surface area contributed by atoms with Crippen molar-refractivity contribution in [3.05, 3.63) is 16.0 Å². The Morgan fingerprint density at radius 3 is 2.23 bits per heavy atom. The Hall–Kier alpha value is -1.76. The number of anilines is 1. The lowest BCUT2D eigenvalue weighted by Crippen LogP contribution is -2.51. The Balaban J connectivity index is 2.26. The average Bonchev–Trinajstić information content (AvgIpc) is 3.03. The second-order valence-electron chi connectivity index (χ2n) is 6.81. The Kier molecular flexibility index (Phi) is 8.20. The van der Waals surface area contributed by atoms with Crippen molar-refractivity contribution in [2.75, 3.05) is 58.0 Å². The number of thiocarbonyl (C=S) groups is 1. The van der Waals surface area contributed by atoms with Gasteiger partial charge in [-0.1, -0.05) is 0 Å². The topological polar surface area (TPSA) is 99.3 Å². The van der Waals surface area contributed by atoms with Gasteiger partial charge >= 0.3 is 5.97 Å². The summed E-state index contributed by atoms with van der Waals surface area (Å²) < 4.78 is 29.7. The van der Waals surface area contributed by atoms with Crippen LogP contribution in [0.1, 0.15) is 39.4 Å². The number of rotatable bonds is 6. The lowest BCUT2D eigenvalue weighted by Gasteiger charge is -2.34. The quantitative estimate of drug-likeness (QED) is 0.488. The van der Waals surface area contributed by atoms with Gasteiger partial charge in [0.2, 0.25) is 10.0 Å². The van der Waals surface area contributed by atoms with E-state index in [0.29, 0.717) is 59.8 Å². The first-order valence-electron chi connectivity index (χ1n) is 9.57. The van der Waals surface area contributed by atoms with Gasteiger partial charge in [0.25, 0.3) is 5.91 Å². The van der Waals surface area contributed by atoms with Crippen molar-refractivity contribution in [1.29, 1.82) is 0 Å². The van der Waals surface area contributed by atoms with Crippen LogP contribution >= 0.6 is 23.6 Å². The molecule has 1 aromatic heterocycles. The van der Waals surface area contributed by atoms with Crippen molar-refractivity contribution in [2.24, 2.45) is 0 Å².